The van der Waals surface area contributed by atoms with Crippen LogP contribution in [0.4, 0.5) is 5.69 Å². The lowest BCUT2D eigenvalue weighted by atomic mass is 10.0. The van der Waals surface area contributed by atoms with Crippen molar-refractivity contribution in [3.63, 3.8) is 0 Å². The van der Waals surface area contributed by atoms with Crippen LogP contribution < -0.4 is 0 Å². The van der Waals surface area contributed by atoms with Crippen molar-refractivity contribution in [2.24, 2.45) is 0 Å². The molecule has 0 saturated carbocycles. The normalized spacial score (nSPS) is 10.7. The van der Waals surface area contributed by atoms with E-state index in [1.54, 1.807) is 30.3 Å². The molecule has 3 aromatic carbocycles. The Hall–Kier alpha value is -3.77. The molecule has 4 rings (SSSR count). The summed E-state index contributed by atoms with van der Waals surface area (Å²) in [5.74, 6) is -0.498. The number of hydrogen-bond donors (Lipinski definition) is 0. The molecular weight excluding hydrogens is 404 g/mol. The Balaban J connectivity index is 1.64. The summed E-state index contributed by atoms with van der Waals surface area (Å²) < 4.78 is 5.47. The van der Waals surface area contributed by atoms with Crippen LogP contribution in [0, 0.1) is 10.1 Å². The average Bonchev–Trinajstić information content (AvgIpc) is 2.77. The standard InChI is InChI=1S/C23H15ClN2O4/c24-17-9-7-16(8-10-17)22-13-20(19-3-1-2-4-21(19)25-22)23(27)30-14-15-5-11-18(12-6-15)26(28)29/h1-13H,14H2. The number of nitro groups is 1. The molecule has 0 unspecified atom stereocenters. The molecule has 0 aliphatic heterocycles. The predicted molar refractivity (Wildman–Crippen MR) is 114 cm³/mol. The smallest absolute Gasteiger partial charge is 0.339 e. The minimum Gasteiger partial charge on any atom is -0.457 e. The number of carbonyl (C=O) groups is 1. The summed E-state index contributed by atoms with van der Waals surface area (Å²) >= 11 is 5.97. The Morgan fingerprint density at radius 2 is 1.70 bits per heavy atom. The number of halogens is 1. The van der Waals surface area contributed by atoms with Gasteiger partial charge in [-0.05, 0) is 42.0 Å². The van der Waals surface area contributed by atoms with E-state index in [9.17, 15) is 14.9 Å². The van der Waals surface area contributed by atoms with E-state index in [1.165, 1.54) is 12.1 Å². The van der Waals surface area contributed by atoms with Crippen LogP contribution in [-0.2, 0) is 11.3 Å². The highest BCUT2D eigenvalue weighted by molar-refractivity contribution is 6.30. The van der Waals surface area contributed by atoms with Crippen molar-refractivity contribution in [2.75, 3.05) is 0 Å². The van der Waals surface area contributed by atoms with Gasteiger partial charge < -0.3 is 4.74 Å². The van der Waals surface area contributed by atoms with Crippen molar-refractivity contribution in [3.8, 4) is 11.3 Å². The fourth-order valence-electron chi connectivity index (χ4n) is 3.05. The number of esters is 1. The first kappa shape index (κ1) is 19.5. The molecule has 0 atom stereocenters. The summed E-state index contributed by atoms with van der Waals surface area (Å²) in [6.07, 6.45) is 0. The van der Waals surface area contributed by atoms with Crippen LogP contribution in [0.25, 0.3) is 22.2 Å². The maximum absolute atomic E-state index is 12.9. The molecule has 0 aliphatic rings. The van der Waals surface area contributed by atoms with Crippen LogP contribution in [0.5, 0.6) is 0 Å². The first-order chi connectivity index (χ1) is 14.5. The number of nitrogens with zero attached hydrogens (tertiary/aromatic N) is 2. The number of rotatable bonds is 5. The molecule has 0 spiro atoms. The van der Waals surface area contributed by atoms with Crippen LogP contribution in [-0.4, -0.2) is 15.9 Å². The van der Waals surface area contributed by atoms with E-state index in [-0.39, 0.29) is 12.3 Å². The second-order valence-corrected chi connectivity index (χ2v) is 7.02. The Labute approximate surface area is 176 Å². The van der Waals surface area contributed by atoms with Gasteiger partial charge in [0.2, 0.25) is 0 Å². The number of ether oxygens (including phenoxy) is 1. The second-order valence-electron chi connectivity index (χ2n) is 6.58. The van der Waals surface area contributed by atoms with E-state index in [2.05, 4.69) is 4.98 Å². The van der Waals surface area contributed by atoms with Gasteiger partial charge in [-0.25, -0.2) is 9.78 Å². The summed E-state index contributed by atoms with van der Waals surface area (Å²) in [5, 5.41) is 12.1. The van der Waals surface area contributed by atoms with Gasteiger partial charge in [-0.3, -0.25) is 10.1 Å². The van der Waals surface area contributed by atoms with Gasteiger partial charge in [-0.15, -0.1) is 0 Å². The first-order valence-electron chi connectivity index (χ1n) is 9.07. The molecular formula is C23H15ClN2O4. The highest BCUT2D eigenvalue weighted by atomic mass is 35.5. The molecule has 30 heavy (non-hydrogen) atoms. The summed E-state index contributed by atoms with van der Waals surface area (Å²) in [4.78, 5) is 27.8. The molecule has 1 heterocycles. The van der Waals surface area contributed by atoms with Gasteiger partial charge in [0.15, 0.2) is 0 Å². The van der Waals surface area contributed by atoms with E-state index in [1.807, 2.05) is 36.4 Å². The van der Waals surface area contributed by atoms with Gasteiger partial charge in [0, 0.05) is 28.1 Å². The first-order valence-corrected chi connectivity index (χ1v) is 9.45. The van der Waals surface area contributed by atoms with Gasteiger partial charge in [-0.2, -0.15) is 0 Å². The van der Waals surface area contributed by atoms with Gasteiger partial charge in [0.05, 0.1) is 21.7 Å². The Morgan fingerprint density at radius 1 is 1.00 bits per heavy atom. The third-order valence-electron chi connectivity index (χ3n) is 4.59. The van der Waals surface area contributed by atoms with Crippen molar-refractivity contribution in [2.45, 2.75) is 6.61 Å². The van der Waals surface area contributed by atoms with E-state index in [4.69, 9.17) is 16.3 Å². The van der Waals surface area contributed by atoms with Crippen molar-refractivity contribution in [1.82, 2.24) is 4.98 Å². The Kier molecular flexibility index (Phi) is 5.41. The number of benzene rings is 3. The lowest BCUT2D eigenvalue weighted by Gasteiger charge is -2.10. The summed E-state index contributed by atoms with van der Waals surface area (Å²) in [5.41, 5.74) is 3.17. The monoisotopic (exact) mass is 418 g/mol. The number of hydrogen-bond acceptors (Lipinski definition) is 5. The molecule has 0 amide bonds. The number of para-hydroxylation sites is 1. The SMILES string of the molecule is O=C(OCc1ccc([N+](=O)[O-])cc1)c1cc(-c2ccc(Cl)cc2)nc2ccccc12. The van der Waals surface area contributed by atoms with Crippen molar-refractivity contribution >= 4 is 34.2 Å². The lowest BCUT2D eigenvalue weighted by Crippen LogP contribution is -2.07. The molecule has 0 radical (unpaired) electrons. The number of carbonyl (C=O) groups excluding carboxylic acids is 1. The topological polar surface area (TPSA) is 82.3 Å². The number of non-ortho nitro benzene ring substituents is 1. The minimum absolute atomic E-state index is 0.00373. The van der Waals surface area contributed by atoms with Gasteiger partial charge >= 0.3 is 5.97 Å². The van der Waals surface area contributed by atoms with Gasteiger partial charge in [0.25, 0.3) is 5.69 Å². The van der Waals surface area contributed by atoms with E-state index in [0.29, 0.717) is 32.7 Å². The highest BCUT2D eigenvalue weighted by Crippen LogP contribution is 2.26. The molecule has 7 heteroatoms. The van der Waals surface area contributed by atoms with Crippen molar-refractivity contribution in [1.29, 1.82) is 0 Å². The van der Waals surface area contributed by atoms with Crippen LogP contribution >= 0.6 is 11.6 Å². The molecule has 6 nitrogen and oxygen atoms in total. The second kappa shape index (κ2) is 8.31. The number of pyridine rings is 1. The zero-order chi connectivity index (χ0) is 21.1. The molecule has 148 valence electrons. The Morgan fingerprint density at radius 3 is 2.40 bits per heavy atom. The molecule has 1 aromatic heterocycles. The fourth-order valence-corrected chi connectivity index (χ4v) is 3.18. The Bertz CT molecular complexity index is 1240. The molecule has 0 aliphatic carbocycles. The lowest BCUT2D eigenvalue weighted by molar-refractivity contribution is -0.384. The third kappa shape index (κ3) is 4.14. The van der Waals surface area contributed by atoms with Crippen LogP contribution in [0.2, 0.25) is 5.02 Å². The number of nitro benzene ring substituents is 1. The zero-order valence-electron chi connectivity index (χ0n) is 15.6. The van der Waals surface area contributed by atoms with Crippen LogP contribution in [0.15, 0.2) is 78.9 Å². The summed E-state index contributed by atoms with van der Waals surface area (Å²) in [6.45, 7) is 0.00373. The fraction of sp³-hybridized carbons (Fsp3) is 0.0435. The van der Waals surface area contributed by atoms with Crippen LogP contribution in [0.1, 0.15) is 15.9 Å². The van der Waals surface area contributed by atoms with E-state index >= 15 is 0 Å². The predicted octanol–water partition coefficient (Wildman–Crippen LogP) is 5.82. The molecule has 0 bridgehead atoms. The largest absolute Gasteiger partial charge is 0.457 e. The number of aromatic nitrogens is 1. The van der Waals surface area contributed by atoms with E-state index < -0.39 is 10.9 Å². The average molecular weight is 419 g/mol. The highest BCUT2D eigenvalue weighted by Gasteiger charge is 2.16. The number of fused-ring (bicyclic) bond motifs is 1. The quantitative estimate of drug-likeness (QED) is 0.231. The summed E-state index contributed by atoms with van der Waals surface area (Å²) in [7, 11) is 0. The maximum Gasteiger partial charge on any atom is 0.339 e. The maximum atomic E-state index is 12.9. The van der Waals surface area contributed by atoms with Gasteiger partial charge in [0.1, 0.15) is 6.61 Å². The van der Waals surface area contributed by atoms with Gasteiger partial charge in [-0.1, -0.05) is 41.9 Å². The molecule has 0 fully saturated rings. The van der Waals surface area contributed by atoms with E-state index in [0.717, 1.165) is 5.56 Å². The van der Waals surface area contributed by atoms with Crippen molar-refractivity contribution in [3.05, 3.63) is 105 Å². The molecule has 0 N–H and O–H groups in total. The zero-order valence-corrected chi connectivity index (χ0v) is 16.4. The summed E-state index contributed by atoms with van der Waals surface area (Å²) in [6, 6.07) is 22.1. The molecule has 4 aromatic rings. The minimum atomic E-state index is -0.498. The molecule has 0 saturated heterocycles. The van der Waals surface area contributed by atoms with Crippen molar-refractivity contribution < 1.29 is 14.5 Å². The third-order valence-corrected chi connectivity index (χ3v) is 4.85. The van der Waals surface area contributed by atoms with Crippen LogP contribution in [0.3, 0.4) is 0 Å².